The molecule has 35 heavy (non-hydrogen) atoms. The van der Waals surface area contributed by atoms with Crippen molar-refractivity contribution < 1.29 is 38.9 Å². The quantitative estimate of drug-likeness (QED) is 0.424. The summed E-state index contributed by atoms with van der Waals surface area (Å²) >= 11 is 0.811. The van der Waals surface area contributed by atoms with Crippen molar-refractivity contribution >= 4 is 57.6 Å². The fraction of sp³-hybridized carbons (Fsp3) is 0.125. The molecule has 0 radical (unpaired) electrons. The van der Waals surface area contributed by atoms with Crippen molar-refractivity contribution in [2.75, 3.05) is 6.61 Å². The van der Waals surface area contributed by atoms with Crippen LogP contribution in [0.25, 0.3) is 16.8 Å². The second-order valence-electron chi connectivity index (χ2n) is 7.62. The van der Waals surface area contributed by atoms with Crippen LogP contribution in [-0.4, -0.2) is 51.9 Å². The SMILES string of the molecule is O=C(COc1ccc(/C=C2\SC(=O)NC2=O)c2ccccc12)NC1C=C(C(=O)O)C=C(C(=O)O)C1. The molecule has 1 aliphatic heterocycles. The third kappa shape index (κ3) is 5.41. The molecule has 1 aliphatic carbocycles. The number of carbonyl (C=O) groups is 5. The average Bonchev–Trinajstić information content (AvgIpc) is 3.14. The Bertz CT molecular complexity index is 1370. The van der Waals surface area contributed by atoms with Crippen LogP contribution in [0.1, 0.15) is 12.0 Å². The topological polar surface area (TPSA) is 159 Å². The number of thioether (sulfide) groups is 1. The summed E-state index contributed by atoms with van der Waals surface area (Å²) in [7, 11) is 0. The number of ether oxygens (including phenoxy) is 1. The lowest BCUT2D eigenvalue weighted by atomic mass is 9.95. The molecule has 1 unspecified atom stereocenters. The van der Waals surface area contributed by atoms with Gasteiger partial charge < -0.3 is 20.3 Å². The number of nitrogens with one attached hydrogen (secondary N) is 2. The van der Waals surface area contributed by atoms with E-state index in [2.05, 4.69) is 10.6 Å². The maximum atomic E-state index is 12.5. The highest BCUT2D eigenvalue weighted by Gasteiger charge is 2.26. The zero-order valence-electron chi connectivity index (χ0n) is 17.9. The Hall–Kier alpha value is -4.38. The number of benzene rings is 2. The van der Waals surface area contributed by atoms with E-state index in [0.717, 1.165) is 23.2 Å². The van der Waals surface area contributed by atoms with Gasteiger partial charge in [-0.15, -0.1) is 0 Å². The van der Waals surface area contributed by atoms with Gasteiger partial charge in [-0.1, -0.05) is 30.3 Å². The summed E-state index contributed by atoms with van der Waals surface area (Å²) in [5.41, 5.74) is 0.347. The monoisotopic (exact) mass is 494 g/mol. The van der Waals surface area contributed by atoms with Gasteiger partial charge in [0, 0.05) is 17.4 Å². The lowest BCUT2D eigenvalue weighted by molar-refractivity contribution is -0.133. The van der Waals surface area contributed by atoms with E-state index >= 15 is 0 Å². The molecule has 4 N–H and O–H groups in total. The van der Waals surface area contributed by atoms with Crippen LogP contribution in [0.2, 0.25) is 0 Å². The maximum Gasteiger partial charge on any atom is 0.335 e. The minimum Gasteiger partial charge on any atom is -0.483 e. The van der Waals surface area contributed by atoms with Crippen LogP contribution in [-0.2, 0) is 19.2 Å². The Morgan fingerprint density at radius 1 is 1.09 bits per heavy atom. The molecule has 1 atom stereocenters. The largest absolute Gasteiger partial charge is 0.483 e. The van der Waals surface area contributed by atoms with E-state index in [1.807, 2.05) is 6.07 Å². The Kier molecular flexibility index (Phi) is 6.69. The van der Waals surface area contributed by atoms with Crippen LogP contribution >= 0.6 is 11.8 Å². The summed E-state index contributed by atoms with van der Waals surface area (Å²) in [5.74, 6) is -3.18. The number of amides is 3. The van der Waals surface area contributed by atoms with Crippen molar-refractivity contribution in [3.05, 3.63) is 70.2 Å². The minimum absolute atomic E-state index is 0.0573. The fourth-order valence-electron chi connectivity index (χ4n) is 3.68. The van der Waals surface area contributed by atoms with Crippen LogP contribution in [0.4, 0.5) is 4.79 Å². The summed E-state index contributed by atoms with van der Waals surface area (Å²) in [5, 5.41) is 24.2. The van der Waals surface area contributed by atoms with Gasteiger partial charge in [-0.05, 0) is 47.0 Å². The zero-order valence-corrected chi connectivity index (χ0v) is 18.8. The molecule has 3 amide bonds. The van der Waals surface area contributed by atoms with Crippen LogP contribution < -0.4 is 15.4 Å². The Balaban J connectivity index is 1.49. The first-order chi connectivity index (χ1) is 16.7. The van der Waals surface area contributed by atoms with Crippen molar-refractivity contribution in [2.45, 2.75) is 12.5 Å². The third-order valence-electron chi connectivity index (χ3n) is 5.22. The molecule has 0 bridgehead atoms. The van der Waals surface area contributed by atoms with Gasteiger partial charge in [0.05, 0.1) is 16.5 Å². The summed E-state index contributed by atoms with van der Waals surface area (Å²) in [6.45, 7) is -0.393. The number of rotatable bonds is 7. The van der Waals surface area contributed by atoms with Gasteiger partial charge >= 0.3 is 11.9 Å². The molecule has 0 spiro atoms. The number of imide groups is 1. The highest BCUT2D eigenvalue weighted by molar-refractivity contribution is 8.18. The average molecular weight is 494 g/mol. The van der Waals surface area contributed by atoms with Crippen LogP contribution in [0, 0.1) is 0 Å². The number of carboxylic acids is 2. The first kappa shape index (κ1) is 23.8. The molecule has 2 aliphatic rings. The highest BCUT2D eigenvalue weighted by atomic mass is 32.2. The smallest absolute Gasteiger partial charge is 0.335 e. The molecule has 2 aromatic carbocycles. The third-order valence-corrected chi connectivity index (χ3v) is 6.03. The van der Waals surface area contributed by atoms with Gasteiger partial charge in [-0.3, -0.25) is 19.7 Å². The van der Waals surface area contributed by atoms with Crippen molar-refractivity contribution in [1.29, 1.82) is 0 Å². The summed E-state index contributed by atoms with van der Waals surface area (Å²) in [4.78, 5) is 58.6. The Labute approximate surface area is 202 Å². The molecular weight excluding hydrogens is 476 g/mol. The Morgan fingerprint density at radius 3 is 2.49 bits per heavy atom. The molecule has 1 heterocycles. The first-order valence-electron chi connectivity index (χ1n) is 10.3. The molecule has 1 saturated heterocycles. The van der Waals surface area contributed by atoms with Gasteiger partial charge in [0.25, 0.3) is 17.1 Å². The van der Waals surface area contributed by atoms with Crippen molar-refractivity contribution in [3.8, 4) is 5.75 Å². The minimum atomic E-state index is -1.29. The fourth-order valence-corrected chi connectivity index (χ4v) is 4.36. The van der Waals surface area contributed by atoms with E-state index in [9.17, 15) is 34.2 Å². The van der Waals surface area contributed by atoms with Gasteiger partial charge in [0.2, 0.25) is 0 Å². The van der Waals surface area contributed by atoms with Gasteiger partial charge in [0.1, 0.15) is 5.75 Å². The molecule has 1 fully saturated rings. The predicted molar refractivity (Wildman–Crippen MR) is 127 cm³/mol. The predicted octanol–water partition coefficient (Wildman–Crippen LogP) is 2.45. The molecule has 4 rings (SSSR count). The number of fused-ring (bicyclic) bond motifs is 1. The number of hydrogen-bond acceptors (Lipinski definition) is 7. The van der Waals surface area contributed by atoms with E-state index < -0.39 is 41.6 Å². The van der Waals surface area contributed by atoms with Gasteiger partial charge in [0.15, 0.2) is 6.61 Å². The first-order valence-corrected chi connectivity index (χ1v) is 11.1. The summed E-state index contributed by atoms with van der Waals surface area (Å²) < 4.78 is 5.70. The van der Waals surface area contributed by atoms with Gasteiger partial charge in [-0.2, -0.15) is 0 Å². The van der Waals surface area contributed by atoms with Crippen molar-refractivity contribution in [3.63, 3.8) is 0 Å². The molecule has 10 nitrogen and oxygen atoms in total. The number of carboxylic acid groups (broad SMARTS) is 2. The molecule has 0 aromatic heterocycles. The summed E-state index contributed by atoms with van der Waals surface area (Å²) in [6, 6.07) is 9.71. The Morgan fingerprint density at radius 2 is 1.83 bits per heavy atom. The molecule has 0 saturated carbocycles. The normalized spacial score (nSPS) is 18.6. The maximum absolute atomic E-state index is 12.5. The van der Waals surface area contributed by atoms with E-state index in [1.54, 1.807) is 36.4 Å². The van der Waals surface area contributed by atoms with Crippen LogP contribution in [0.15, 0.2) is 64.6 Å². The second kappa shape index (κ2) is 9.85. The van der Waals surface area contributed by atoms with E-state index in [0.29, 0.717) is 16.7 Å². The molecule has 11 heteroatoms. The lowest BCUT2D eigenvalue weighted by Gasteiger charge is -2.20. The van der Waals surface area contributed by atoms with Gasteiger partial charge in [-0.25, -0.2) is 9.59 Å². The molecule has 178 valence electrons. The molecule has 2 aromatic rings. The number of carbonyl (C=O) groups excluding carboxylic acids is 3. The standard InChI is InChI=1S/C24H18N2O8S/c27-20(25-15-8-13(22(29)30)7-14(9-15)23(31)32)11-34-18-6-5-12(16-3-1-2-4-17(16)18)10-19-21(28)26-24(33)35-19/h1-8,10,15H,9,11H2,(H,25,27)(H,29,30)(H,31,32)(H,26,28,33)/b19-10-. The highest BCUT2D eigenvalue weighted by Crippen LogP contribution is 2.32. The molecular formula is C24H18N2O8S. The van der Waals surface area contributed by atoms with Crippen LogP contribution in [0.5, 0.6) is 5.75 Å². The summed E-state index contributed by atoms with van der Waals surface area (Å²) in [6.07, 6.45) is 3.90. The van der Waals surface area contributed by atoms with E-state index in [-0.39, 0.29) is 22.5 Å². The zero-order chi connectivity index (χ0) is 25.1. The van der Waals surface area contributed by atoms with E-state index in [4.69, 9.17) is 4.74 Å². The van der Waals surface area contributed by atoms with Crippen molar-refractivity contribution in [2.24, 2.45) is 0 Å². The number of aliphatic carboxylic acids is 2. The second-order valence-corrected chi connectivity index (χ2v) is 8.63. The van der Waals surface area contributed by atoms with Crippen LogP contribution in [0.3, 0.4) is 0 Å². The van der Waals surface area contributed by atoms with Crippen molar-refractivity contribution in [1.82, 2.24) is 10.6 Å². The lowest BCUT2D eigenvalue weighted by Crippen LogP contribution is -2.39. The van der Waals surface area contributed by atoms with E-state index in [1.165, 1.54) is 6.08 Å². The number of hydrogen-bond donors (Lipinski definition) is 4.